The average Bonchev–Trinajstić information content (AvgIpc) is 2.74. The van der Waals surface area contributed by atoms with E-state index in [9.17, 15) is 0 Å². The number of pyridine rings is 1. The highest BCUT2D eigenvalue weighted by atomic mass is 35.5. The van der Waals surface area contributed by atoms with Crippen LogP contribution >= 0.6 is 11.6 Å². The van der Waals surface area contributed by atoms with Crippen molar-refractivity contribution in [2.24, 2.45) is 0 Å². The molecule has 3 aromatic rings. The molecule has 2 aromatic heterocycles. The molecule has 6 nitrogen and oxygen atoms in total. The first-order valence-electron chi connectivity index (χ1n) is 8.99. The molecule has 0 atom stereocenters. The summed E-state index contributed by atoms with van der Waals surface area (Å²) in [6, 6.07) is 15.8. The van der Waals surface area contributed by atoms with Crippen molar-refractivity contribution in [2.75, 3.05) is 41.3 Å². The van der Waals surface area contributed by atoms with Crippen LogP contribution in [0.3, 0.4) is 0 Å². The first-order valence-corrected chi connectivity index (χ1v) is 9.37. The van der Waals surface area contributed by atoms with Gasteiger partial charge >= 0.3 is 0 Å². The fourth-order valence-corrected chi connectivity index (χ4v) is 3.24. The van der Waals surface area contributed by atoms with Gasteiger partial charge < -0.3 is 15.1 Å². The van der Waals surface area contributed by atoms with Crippen molar-refractivity contribution in [1.29, 1.82) is 0 Å². The molecular weight excluding hydrogens is 360 g/mol. The van der Waals surface area contributed by atoms with Crippen LogP contribution in [-0.4, -0.2) is 41.1 Å². The van der Waals surface area contributed by atoms with Crippen molar-refractivity contribution >= 4 is 29.1 Å². The van der Waals surface area contributed by atoms with Crippen molar-refractivity contribution in [2.45, 2.75) is 6.54 Å². The van der Waals surface area contributed by atoms with E-state index in [1.54, 1.807) is 6.33 Å². The molecular formula is C20H21ClN6. The second-order valence-electron chi connectivity index (χ2n) is 6.40. The Labute approximate surface area is 163 Å². The molecule has 1 fully saturated rings. The van der Waals surface area contributed by atoms with Gasteiger partial charge in [-0.05, 0) is 29.8 Å². The number of nitrogens with one attached hydrogen (secondary N) is 1. The van der Waals surface area contributed by atoms with E-state index in [0.29, 0.717) is 6.54 Å². The van der Waals surface area contributed by atoms with Crippen molar-refractivity contribution in [3.63, 3.8) is 0 Å². The number of rotatable bonds is 5. The van der Waals surface area contributed by atoms with E-state index in [-0.39, 0.29) is 0 Å². The van der Waals surface area contributed by atoms with Gasteiger partial charge in [0.05, 0.1) is 0 Å². The molecule has 1 saturated heterocycles. The standard InChI is InChI=1S/C20H21ClN6/c21-17-6-4-16(5-7-17)14-23-18-13-20(25-15-24-18)27-11-9-26(10-12-27)19-3-1-2-8-22-19/h1-8,13,15H,9-12,14H2,(H,23,24,25). The van der Waals surface area contributed by atoms with Gasteiger partial charge in [-0.15, -0.1) is 0 Å². The maximum absolute atomic E-state index is 5.93. The summed E-state index contributed by atoms with van der Waals surface area (Å²) in [7, 11) is 0. The van der Waals surface area contributed by atoms with Gasteiger partial charge in [-0.25, -0.2) is 15.0 Å². The summed E-state index contributed by atoms with van der Waals surface area (Å²) in [5, 5.41) is 4.10. The van der Waals surface area contributed by atoms with E-state index in [2.05, 4.69) is 36.1 Å². The van der Waals surface area contributed by atoms with Gasteiger partial charge in [0.2, 0.25) is 0 Å². The number of halogens is 1. The van der Waals surface area contributed by atoms with Gasteiger partial charge in [0.25, 0.3) is 0 Å². The summed E-state index contributed by atoms with van der Waals surface area (Å²) in [5.41, 5.74) is 1.16. The number of hydrogen-bond donors (Lipinski definition) is 1. The quantitative estimate of drug-likeness (QED) is 0.731. The lowest BCUT2D eigenvalue weighted by Gasteiger charge is -2.36. The van der Waals surface area contributed by atoms with Crippen molar-refractivity contribution < 1.29 is 0 Å². The molecule has 0 radical (unpaired) electrons. The maximum Gasteiger partial charge on any atom is 0.134 e. The van der Waals surface area contributed by atoms with Crippen LogP contribution in [-0.2, 0) is 6.54 Å². The molecule has 0 unspecified atom stereocenters. The molecule has 138 valence electrons. The second kappa shape index (κ2) is 8.22. The van der Waals surface area contributed by atoms with E-state index in [4.69, 9.17) is 11.6 Å². The van der Waals surface area contributed by atoms with Crippen LogP contribution in [0.15, 0.2) is 61.1 Å². The Balaban J connectivity index is 1.36. The topological polar surface area (TPSA) is 57.2 Å². The van der Waals surface area contributed by atoms with Gasteiger partial charge in [-0.3, -0.25) is 0 Å². The zero-order chi connectivity index (χ0) is 18.5. The van der Waals surface area contributed by atoms with Gasteiger partial charge in [-0.2, -0.15) is 0 Å². The monoisotopic (exact) mass is 380 g/mol. The van der Waals surface area contributed by atoms with Gasteiger partial charge in [-0.1, -0.05) is 29.8 Å². The molecule has 1 aromatic carbocycles. The Bertz CT molecular complexity index is 863. The van der Waals surface area contributed by atoms with E-state index >= 15 is 0 Å². The third-order valence-corrected chi connectivity index (χ3v) is 4.87. The lowest BCUT2D eigenvalue weighted by atomic mass is 10.2. The first kappa shape index (κ1) is 17.5. The number of anilines is 3. The maximum atomic E-state index is 5.93. The molecule has 3 heterocycles. The summed E-state index contributed by atoms with van der Waals surface area (Å²) < 4.78 is 0. The van der Waals surface area contributed by atoms with E-state index in [0.717, 1.165) is 54.2 Å². The largest absolute Gasteiger partial charge is 0.366 e. The molecule has 1 aliphatic rings. The summed E-state index contributed by atoms with van der Waals surface area (Å²) >= 11 is 5.93. The van der Waals surface area contributed by atoms with Crippen LogP contribution in [0, 0.1) is 0 Å². The van der Waals surface area contributed by atoms with E-state index in [1.165, 1.54) is 0 Å². The number of aromatic nitrogens is 3. The number of benzene rings is 1. The van der Waals surface area contributed by atoms with Gasteiger partial charge in [0.15, 0.2) is 0 Å². The highest BCUT2D eigenvalue weighted by Gasteiger charge is 2.19. The summed E-state index contributed by atoms with van der Waals surface area (Å²) in [6.45, 7) is 4.36. The van der Waals surface area contributed by atoms with Crippen molar-refractivity contribution in [3.8, 4) is 0 Å². The predicted molar refractivity (Wildman–Crippen MR) is 109 cm³/mol. The van der Waals surface area contributed by atoms with E-state index < -0.39 is 0 Å². The Morgan fingerprint density at radius 3 is 2.30 bits per heavy atom. The SMILES string of the molecule is Clc1ccc(CNc2cc(N3CCN(c4ccccn4)CC3)ncn2)cc1. The lowest BCUT2D eigenvalue weighted by Crippen LogP contribution is -2.47. The van der Waals surface area contributed by atoms with Crippen molar-refractivity contribution in [1.82, 2.24) is 15.0 Å². The molecule has 0 bridgehead atoms. The second-order valence-corrected chi connectivity index (χ2v) is 6.84. The summed E-state index contributed by atoms with van der Waals surface area (Å²) in [4.78, 5) is 17.8. The molecule has 1 aliphatic heterocycles. The van der Waals surface area contributed by atoms with Crippen LogP contribution in [0.25, 0.3) is 0 Å². The Morgan fingerprint density at radius 2 is 1.59 bits per heavy atom. The molecule has 27 heavy (non-hydrogen) atoms. The summed E-state index contributed by atoms with van der Waals surface area (Å²) in [6.07, 6.45) is 3.45. The van der Waals surface area contributed by atoms with Crippen LogP contribution in [0.2, 0.25) is 5.02 Å². The summed E-state index contributed by atoms with van der Waals surface area (Å²) in [5.74, 6) is 2.80. The van der Waals surface area contributed by atoms with Crippen molar-refractivity contribution in [3.05, 3.63) is 71.6 Å². The molecule has 7 heteroatoms. The van der Waals surface area contributed by atoms with Crippen LogP contribution in [0.4, 0.5) is 17.5 Å². The number of piperazine rings is 1. The van der Waals surface area contributed by atoms with Gasteiger partial charge in [0, 0.05) is 50.0 Å². The van der Waals surface area contributed by atoms with Crippen LogP contribution in [0.1, 0.15) is 5.56 Å². The molecule has 0 amide bonds. The van der Waals surface area contributed by atoms with Crippen LogP contribution < -0.4 is 15.1 Å². The smallest absolute Gasteiger partial charge is 0.134 e. The Kier molecular flexibility index (Phi) is 5.34. The lowest BCUT2D eigenvalue weighted by molar-refractivity contribution is 0.641. The third-order valence-electron chi connectivity index (χ3n) is 4.62. The fraction of sp³-hybridized carbons (Fsp3) is 0.250. The van der Waals surface area contributed by atoms with E-state index in [1.807, 2.05) is 48.7 Å². The Morgan fingerprint density at radius 1 is 0.852 bits per heavy atom. The zero-order valence-electron chi connectivity index (χ0n) is 14.9. The minimum atomic E-state index is 0.696. The predicted octanol–water partition coefficient (Wildman–Crippen LogP) is 3.46. The normalized spacial score (nSPS) is 14.3. The number of nitrogens with zero attached hydrogens (tertiary/aromatic N) is 5. The first-order chi connectivity index (χ1) is 13.3. The molecule has 1 N–H and O–H groups in total. The number of hydrogen-bond acceptors (Lipinski definition) is 6. The zero-order valence-corrected chi connectivity index (χ0v) is 15.7. The Hall–Kier alpha value is -2.86. The minimum Gasteiger partial charge on any atom is -0.366 e. The average molecular weight is 381 g/mol. The van der Waals surface area contributed by atoms with Gasteiger partial charge in [0.1, 0.15) is 23.8 Å². The molecule has 0 aliphatic carbocycles. The molecule has 0 saturated carbocycles. The fourth-order valence-electron chi connectivity index (χ4n) is 3.12. The molecule has 4 rings (SSSR count). The molecule has 0 spiro atoms. The highest BCUT2D eigenvalue weighted by Crippen LogP contribution is 2.19. The highest BCUT2D eigenvalue weighted by molar-refractivity contribution is 6.30. The minimum absolute atomic E-state index is 0.696. The van der Waals surface area contributed by atoms with Crippen LogP contribution in [0.5, 0.6) is 0 Å². The third kappa shape index (κ3) is 4.46.